The number of rotatable bonds is 8. The van der Waals surface area contributed by atoms with Gasteiger partial charge in [-0.1, -0.05) is 90.8 Å². The lowest BCUT2D eigenvalue weighted by molar-refractivity contribution is -0.0674. The standard InChI is InChI=1S/C31H46O6P2/c1-19(2)25-11-23(9)12-26(20(3)4)29(25)36-38-32-15-31(16-33-38)17-34-39(35-18-31)37-30-27(21(5)6)13-24(10)14-28(30)22(7)8/h11-14,19-22H,15-18H2,1-10H3. The van der Waals surface area contributed by atoms with E-state index in [9.17, 15) is 0 Å². The SMILES string of the molecule is Cc1cc(C(C)C)c(OP2OCC3(CO2)COP(Oc2c(C(C)C)cc(C)cc2C(C)C)OC3)c(C(C)C)c1. The van der Waals surface area contributed by atoms with E-state index in [1.165, 1.54) is 33.4 Å². The van der Waals surface area contributed by atoms with Crippen LogP contribution in [0.2, 0.25) is 0 Å². The van der Waals surface area contributed by atoms with Gasteiger partial charge in [0.25, 0.3) is 0 Å². The lowest BCUT2D eigenvalue weighted by atomic mass is 9.92. The van der Waals surface area contributed by atoms with Crippen molar-refractivity contribution in [3.63, 3.8) is 0 Å². The third-order valence-electron chi connectivity index (χ3n) is 7.31. The van der Waals surface area contributed by atoms with Crippen molar-refractivity contribution in [2.24, 2.45) is 5.41 Å². The van der Waals surface area contributed by atoms with Crippen molar-refractivity contribution in [3.8, 4) is 11.5 Å². The van der Waals surface area contributed by atoms with E-state index in [1.807, 2.05) is 0 Å². The highest BCUT2D eigenvalue weighted by Gasteiger charge is 2.45. The first-order chi connectivity index (χ1) is 18.4. The Labute approximate surface area is 238 Å². The molecule has 0 aromatic heterocycles. The molecular formula is C31H46O6P2. The molecule has 0 aliphatic carbocycles. The van der Waals surface area contributed by atoms with Crippen molar-refractivity contribution in [1.29, 1.82) is 0 Å². The Hall–Kier alpha value is -1.26. The number of hydrogen-bond acceptors (Lipinski definition) is 6. The Morgan fingerprint density at radius 3 is 1.03 bits per heavy atom. The van der Waals surface area contributed by atoms with Crippen molar-refractivity contribution >= 4 is 17.2 Å². The summed E-state index contributed by atoms with van der Waals surface area (Å²) < 4.78 is 37.5. The third kappa shape index (κ3) is 7.15. The van der Waals surface area contributed by atoms with Gasteiger partial charge in [-0.2, -0.15) is 0 Å². The van der Waals surface area contributed by atoms with Crippen molar-refractivity contribution < 1.29 is 27.1 Å². The molecule has 0 unspecified atom stereocenters. The van der Waals surface area contributed by atoms with Crippen LogP contribution in [0.1, 0.15) is 112 Å². The van der Waals surface area contributed by atoms with Crippen LogP contribution in [0.15, 0.2) is 24.3 Å². The van der Waals surface area contributed by atoms with Gasteiger partial charge in [0.15, 0.2) is 0 Å². The molecule has 2 aromatic rings. The fourth-order valence-corrected chi connectivity index (χ4v) is 7.52. The molecule has 2 saturated heterocycles. The van der Waals surface area contributed by atoms with Crippen molar-refractivity contribution in [1.82, 2.24) is 0 Å². The van der Waals surface area contributed by atoms with Gasteiger partial charge in [0.2, 0.25) is 0 Å². The lowest BCUT2D eigenvalue weighted by Gasteiger charge is -2.41. The smallest absolute Gasteiger partial charge is 0.397 e. The molecule has 2 aliphatic heterocycles. The van der Waals surface area contributed by atoms with Crippen LogP contribution in [0.4, 0.5) is 0 Å². The maximum Gasteiger partial charge on any atom is 0.397 e. The zero-order valence-corrected chi connectivity index (χ0v) is 27.1. The van der Waals surface area contributed by atoms with Gasteiger partial charge < -0.3 is 27.1 Å². The van der Waals surface area contributed by atoms with Gasteiger partial charge in [-0.25, -0.2) is 0 Å². The van der Waals surface area contributed by atoms with Crippen LogP contribution in [0.25, 0.3) is 0 Å². The lowest BCUT2D eigenvalue weighted by Crippen LogP contribution is -2.45. The second kappa shape index (κ2) is 12.7. The first-order valence-electron chi connectivity index (χ1n) is 14.2. The van der Waals surface area contributed by atoms with E-state index < -0.39 is 17.2 Å². The van der Waals surface area contributed by atoms with Gasteiger partial charge in [-0.15, -0.1) is 0 Å². The van der Waals surface area contributed by atoms with E-state index >= 15 is 0 Å². The summed E-state index contributed by atoms with van der Waals surface area (Å²) in [7, 11) is -3.01. The molecule has 0 bridgehead atoms. The molecule has 0 N–H and O–H groups in total. The zero-order chi connectivity index (χ0) is 28.5. The summed E-state index contributed by atoms with van der Waals surface area (Å²) in [5, 5.41) is 0. The van der Waals surface area contributed by atoms with Crippen LogP contribution in [0.5, 0.6) is 11.5 Å². The normalized spacial score (nSPS) is 23.8. The fourth-order valence-electron chi connectivity index (χ4n) is 4.92. The molecule has 4 rings (SSSR count). The summed E-state index contributed by atoms with van der Waals surface area (Å²) in [6, 6.07) is 8.84. The molecule has 216 valence electrons. The van der Waals surface area contributed by atoms with Gasteiger partial charge in [0.05, 0.1) is 31.8 Å². The average molecular weight is 577 g/mol. The van der Waals surface area contributed by atoms with Gasteiger partial charge >= 0.3 is 17.2 Å². The predicted molar refractivity (Wildman–Crippen MR) is 160 cm³/mol. The van der Waals surface area contributed by atoms with E-state index in [2.05, 4.69) is 93.5 Å². The Balaban J connectivity index is 1.40. The van der Waals surface area contributed by atoms with E-state index in [0.717, 1.165) is 11.5 Å². The molecule has 1 spiro atoms. The van der Waals surface area contributed by atoms with E-state index in [0.29, 0.717) is 50.1 Å². The maximum absolute atomic E-state index is 6.43. The Kier molecular flexibility index (Phi) is 10.0. The van der Waals surface area contributed by atoms with E-state index in [-0.39, 0.29) is 5.41 Å². The summed E-state index contributed by atoms with van der Waals surface area (Å²) in [4.78, 5) is 0. The highest BCUT2D eigenvalue weighted by molar-refractivity contribution is 7.42. The van der Waals surface area contributed by atoms with Gasteiger partial charge in [0.1, 0.15) is 11.5 Å². The zero-order valence-electron chi connectivity index (χ0n) is 25.3. The summed E-state index contributed by atoms with van der Waals surface area (Å²) in [6.45, 7) is 23.7. The van der Waals surface area contributed by atoms with Gasteiger partial charge in [0, 0.05) is 0 Å². The molecule has 2 aliphatic rings. The molecule has 8 heteroatoms. The summed E-state index contributed by atoms with van der Waals surface area (Å²) in [5.41, 5.74) is 6.89. The first-order valence-corrected chi connectivity index (χ1v) is 16.3. The topological polar surface area (TPSA) is 55.4 Å². The minimum atomic E-state index is -1.50. The van der Waals surface area contributed by atoms with Crippen molar-refractivity contribution in [2.45, 2.75) is 92.9 Å². The van der Waals surface area contributed by atoms with Crippen LogP contribution in [0, 0.1) is 19.3 Å². The average Bonchev–Trinajstić information content (AvgIpc) is 2.87. The summed E-state index contributed by atoms with van der Waals surface area (Å²) >= 11 is 0. The Morgan fingerprint density at radius 1 is 0.538 bits per heavy atom. The summed E-state index contributed by atoms with van der Waals surface area (Å²) in [6.07, 6.45) is 0. The van der Waals surface area contributed by atoms with Crippen LogP contribution in [-0.2, 0) is 18.1 Å². The van der Waals surface area contributed by atoms with Gasteiger partial charge in [-0.05, 0) is 59.8 Å². The molecule has 0 radical (unpaired) electrons. The molecule has 2 heterocycles. The molecule has 39 heavy (non-hydrogen) atoms. The van der Waals surface area contributed by atoms with E-state index in [1.54, 1.807) is 0 Å². The largest absolute Gasteiger partial charge is 0.426 e. The van der Waals surface area contributed by atoms with E-state index in [4.69, 9.17) is 27.1 Å². The Bertz CT molecular complexity index is 979. The molecule has 0 atom stereocenters. The van der Waals surface area contributed by atoms with Crippen LogP contribution in [0.3, 0.4) is 0 Å². The fraction of sp³-hybridized carbons (Fsp3) is 0.613. The Morgan fingerprint density at radius 2 is 0.795 bits per heavy atom. The number of benzene rings is 2. The second-order valence-corrected chi connectivity index (χ2v) is 14.7. The third-order valence-corrected chi connectivity index (χ3v) is 9.33. The highest BCUT2D eigenvalue weighted by Crippen LogP contribution is 2.55. The number of hydrogen-bond donors (Lipinski definition) is 0. The second-order valence-electron chi connectivity index (χ2n) is 12.4. The predicted octanol–water partition coefficient (Wildman–Crippen LogP) is 9.79. The molecule has 0 saturated carbocycles. The van der Waals surface area contributed by atoms with Gasteiger partial charge in [-0.3, -0.25) is 0 Å². The highest BCUT2D eigenvalue weighted by atomic mass is 31.2. The van der Waals surface area contributed by atoms with Crippen LogP contribution < -0.4 is 9.05 Å². The molecule has 0 amide bonds. The molecule has 6 nitrogen and oxygen atoms in total. The molecular weight excluding hydrogens is 530 g/mol. The quantitative estimate of drug-likeness (QED) is 0.292. The number of aryl methyl sites for hydroxylation is 2. The van der Waals surface area contributed by atoms with Crippen LogP contribution >= 0.6 is 17.2 Å². The molecule has 2 fully saturated rings. The first kappa shape index (κ1) is 30.7. The van der Waals surface area contributed by atoms with Crippen molar-refractivity contribution in [2.75, 3.05) is 26.4 Å². The molecule has 2 aromatic carbocycles. The maximum atomic E-state index is 6.43. The van der Waals surface area contributed by atoms with Crippen molar-refractivity contribution in [3.05, 3.63) is 57.6 Å². The monoisotopic (exact) mass is 576 g/mol. The minimum Gasteiger partial charge on any atom is -0.426 e. The summed E-state index contributed by atoms with van der Waals surface area (Å²) in [5.74, 6) is 3.15. The van der Waals surface area contributed by atoms with Crippen LogP contribution in [-0.4, -0.2) is 26.4 Å². The minimum absolute atomic E-state index is 0.337.